The first-order chi connectivity index (χ1) is 6.69. The molecule has 1 aromatic rings. The summed E-state index contributed by atoms with van der Waals surface area (Å²) in [6.45, 7) is 0.0758. The Balaban J connectivity index is 2.91. The van der Waals surface area contributed by atoms with Crippen LogP contribution < -0.4 is 0 Å². The van der Waals surface area contributed by atoms with Crippen molar-refractivity contribution in [1.29, 1.82) is 0 Å². The maximum absolute atomic E-state index is 11.2. The molecule has 0 spiro atoms. The zero-order chi connectivity index (χ0) is 10.6. The van der Waals surface area contributed by atoms with Gasteiger partial charge in [0.15, 0.2) is 4.77 Å². The number of aromatic nitrogens is 2. The number of carbonyl (C=O) groups excluding carboxylic acids is 1. The minimum atomic E-state index is -0.453. The van der Waals surface area contributed by atoms with Gasteiger partial charge in [-0.2, -0.15) is 0 Å². The number of imidazole rings is 1. The lowest BCUT2D eigenvalue weighted by atomic mass is 10.2. The highest BCUT2D eigenvalue weighted by molar-refractivity contribution is 7.71. The van der Waals surface area contributed by atoms with Gasteiger partial charge in [-0.25, -0.2) is 4.79 Å². The molecule has 14 heavy (non-hydrogen) atoms. The number of aryl methyl sites for hydroxylation is 1. The molecule has 5 nitrogen and oxygen atoms in total. The van der Waals surface area contributed by atoms with E-state index in [0.717, 1.165) is 0 Å². The predicted octanol–water partition coefficient (Wildman–Crippen LogP) is 0.784. The molecule has 0 saturated carbocycles. The van der Waals surface area contributed by atoms with Crippen LogP contribution in [-0.4, -0.2) is 34.8 Å². The van der Waals surface area contributed by atoms with Crippen molar-refractivity contribution in [2.24, 2.45) is 0 Å². The van der Waals surface area contributed by atoms with E-state index in [1.807, 2.05) is 0 Å². The normalized spacial score (nSPS) is 10.1. The first-order valence-electron chi connectivity index (χ1n) is 4.19. The SMILES string of the molecule is COC(=O)c1[nH]c(=S)[nH]c1CCCO. The number of aromatic amines is 2. The van der Waals surface area contributed by atoms with Crippen LogP contribution in [0.1, 0.15) is 22.6 Å². The quantitative estimate of drug-likeness (QED) is 0.513. The lowest BCUT2D eigenvalue weighted by molar-refractivity contribution is 0.0593. The highest BCUT2D eigenvalue weighted by Gasteiger charge is 2.13. The van der Waals surface area contributed by atoms with Gasteiger partial charge in [0.1, 0.15) is 5.69 Å². The summed E-state index contributed by atoms with van der Waals surface area (Å²) in [6, 6.07) is 0. The average molecular weight is 216 g/mol. The average Bonchev–Trinajstić information content (AvgIpc) is 2.55. The Morgan fingerprint density at radius 2 is 2.29 bits per heavy atom. The molecule has 0 atom stereocenters. The summed E-state index contributed by atoms with van der Waals surface area (Å²) in [5, 5.41) is 8.65. The number of esters is 1. The van der Waals surface area contributed by atoms with Gasteiger partial charge in [0, 0.05) is 12.3 Å². The third-order valence-corrected chi connectivity index (χ3v) is 1.98. The maximum atomic E-state index is 11.2. The van der Waals surface area contributed by atoms with Gasteiger partial charge >= 0.3 is 5.97 Å². The second-order valence-corrected chi connectivity index (χ2v) is 3.16. The molecule has 0 aliphatic carbocycles. The molecule has 1 rings (SSSR count). The Labute approximate surface area is 86.1 Å². The van der Waals surface area contributed by atoms with E-state index < -0.39 is 5.97 Å². The summed E-state index contributed by atoms with van der Waals surface area (Å²) in [4.78, 5) is 16.8. The van der Waals surface area contributed by atoms with Crippen LogP contribution in [0.4, 0.5) is 0 Å². The minimum absolute atomic E-state index is 0.0758. The van der Waals surface area contributed by atoms with Gasteiger partial charge < -0.3 is 19.8 Å². The third kappa shape index (κ3) is 2.43. The summed E-state index contributed by atoms with van der Waals surface area (Å²) in [6.07, 6.45) is 1.14. The van der Waals surface area contributed by atoms with E-state index in [9.17, 15) is 4.79 Å². The Bertz CT molecular complexity index is 369. The number of hydrogen-bond donors (Lipinski definition) is 3. The molecule has 3 N–H and O–H groups in total. The molecule has 1 aromatic heterocycles. The summed E-state index contributed by atoms with van der Waals surface area (Å²) in [7, 11) is 1.31. The van der Waals surface area contributed by atoms with E-state index in [2.05, 4.69) is 14.7 Å². The molecule has 0 radical (unpaired) electrons. The van der Waals surface area contributed by atoms with E-state index in [0.29, 0.717) is 29.0 Å². The van der Waals surface area contributed by atoms with Crippen LogP contribution in [0, 0.1) is 4.77 Å². The van der Waals surface area contributed by atoms with Crippen LogP contribution in [-0.2, 0) is 11.2 Å². The first-order valence-corrected chi connectivity index (χ1v) is 4.60. The fourth-order valence-electron chi connectivity index (χ4n) is 1.14. The van der Waals surface area contributed by atoms with Gasteiger partial charge in [-0.05, 0) is 25.1 Å². The van der Waals surface area contributed by atoms with Crippen molar-refractivity contribution >= 4 is 18.2 Å². The number of aliphatic hydroxyl groups is 1. The molecule has 0 unspecified atom stereocenters. The molecular formula is C8H12N2O3S. The number of H-pyrrole nitrogens is 2. The van der Waals surface area contributed by atoms with E-state index in [1.54, 1.807) is 0 Å². The molecule has 1 heterocycles. The third-order valence-electron chi connectivity index (χ3n) is 1.78. The van der Waals surface area contributed by atoms with Gasteiger partial charge in [-0.3, -0.25) is 0 Å². The van der Waals surface area contributed by atoms with Crippen LogP contribution in [0.15, 0.2) is 0 Å². The maximum Gasteiger partial charge on any atom is 0.356 e. The zero-order valence-corrected chi connectivity index (χ0v) is 8.61. The van der Waals surface area contributed by atoms with Crippen LogP contribution in [0.25, 0.3) is 0 Å². The van der Waals surface area contributed by atoms with E-state index in [4.69, 9.17) is 17.3 Å². The number of carbonyl (C=O) groups is 1. The van der Waals surface area contributed by atoms with E-state index in [-0.39, 0.29) is 6.61 Å². The molecule has 0 aliphatic heterocycles. The summed E-state index contributed by atoms with van der Waals surface area (Å²) >= 11 is 4.86. The Hall–Kier alpha value is -1.14. The highest BCUT2D eigenvalue weighted by atomic mass is 32.1. The zero-order valence-electron chi connectivity index (χ0n) is 7.79. The minimum Gasteiger partial charge on any atom is -0.464 e. The number of hydrogen-bond acceptors (Lipinski definition) is 4. The first kappa shape index (κ1) is 10.9. The lowest BCUT2D eigenvalue weighted by Gasteiger charge is -1.99. The Kier molecular flexibility index (Phi) is 3.84. The van der Waals surface area contributed by atoms with Gasteiger partial charge in [0.2, 0.25) is 0 Å². The Morgan fingerprint density at radius 1 is 1.57 bits per heavy atom. The smallest absolute Gasteiger partial charge is 0.356 e. The van der Waals surface area contributed by atoms with Crippen molar-refractivity contribution in [3.63, 3.8) is 0 Å². The summed E-state index contributed by atoms with van der Waals surface area (Å²) in [5.41, 5.74) is 1.02. The van der Waals surface area contributed by atoms with Gasteiger partial charge in [0.25, 0.3) is 0 Å². The molecule has 78 valence electrons. The standard InChI is InChI=1S/C8H12N2O3S/c1-13-7(12)6-5(3-2-4-11)9-8(14)10-6/h11H,2-4H2,1H3,(H2,9,10,14). The van der Waals surface area contributed by atoms with E-state index in [1.165, 1.54) is 7.11 Å². The molecule has 0 aliphatic rings. The largest absolute Gasteiger partial charge is 0.464 e. The van der Waals surface area contributed by atoms with Gasteiger partial charge in [-0.15, -0.1) is 0 Å². The van der Waals surface area contributed by atoms with E-state index >= 15 is 0 Å². The van der Waals surface area contributed by atoms with Crippen LogP contribution in [0.3, 0.4) is 0 Å². The molecule has 0 bridgehead atoms. The molecule has 6 heteroatoms. The van der Waals surface area contributed by atoms with Gasteiger partial charge in [-0.1, -0.05) is 0 Å². The lowest BCUT2D eigenvalue weighted by Crippen LogP contribution is -2.06. The molecular weight excluding hydrogens is 204 g/mol. The van der Waals surface area contributed by atoms with Crippen molar-refractivity contribution in [3.05, 3.63) is 16.2 Å². The monoisotopic (exact) mass is 216 g/mol. The topological polar surface area (TPSA) is 78.1 Å². The van der Waals surface area contributed by atoms with Crippen LogP contribution >= 0.6 is 12.2 Å². The number of methoxy groups -OCH3 is 1. The highest BCUT2D eigenvalue weighted by Crippen LogP contribution is 2.08. The number of rotatable bonds is 4. The van der Waals surface area contributed by atoms with Crippen molar-refractivity contribution in [2.75, 3.05) is 13.7 Å². The number of ether oxygens (including phenoxy) is 1. The number of aliphatic hydroxyl groups excluding tert-OH is 1. The van der Waals surface area contributed by atoms with Crippen LogP contribution in [0.5, 0.6) is 0 Å². The van der Waals surface area contributed by atoms with Crippen molar-refractivity contribution in [3.8, 4) is 0 Å². The van der Waals surface area contributed by atoms with Crippen molar-refractivity contribution in [2.45, 2.75) is 12.8 Å². The van der Waals surface area contributed by atoms with Crippen molar-refractivity contribution < 1.29 is 14.6 Å². The summed E-state index contributed by atoms with van der Waals surface area (Å²) < 4.78 is 4.96. The summed E-state index contributed by atoms with van der Waals surface area (Å²) in [5.74, 6) is -0.453. The number of nitrogens with one attached hydrogen (secondary N) is 2. The Morgan fingerprint density at radius 3 is 2.86 bits per heavy atom. The van der Waals surface area contributed by atoms with Crippen molar-refractivity contribution in [1.82, 2.24) is 9.97 Å². The second kappa shape index (κ2) is 4.92. The fourth-order valence-corrected chi connectivity index (χ4v) is 1.36. The van der Waals surface area contributed by atoms with Gasteiger partial charge in [0.05, 0.1) is 7.11 Å². The second-order valence-electron chi connectivity index (χ2n) is 2.75. The molecule has 0 amide bonds. The molecule has 0 fully saturated rings. The molecule has 0 aromatic carbocycles. The predicted molar refractivity (Wildman–Crippen MR) is 52.7 cm³/mol. The molecule has 0 saturated heterocycles. The van der Waals surface area contributed by atoms with Crippen LogP contribution in [0.2, 0.25) is 0 Å². The fraction of sp³-hybridized carbons (Fsp3) is 0.500.